The van der Waals surface area contributed by atoms with Crippen LogP contribution in [-0.4, -0.2) is 28.2 Å². The highest BCUT2D eigenvalue weighted by molar-refractivity contribution is 6.35. The van der Waals surface area contributed by atoms with E-state index in [1.165, 1.54) is 212 Å². The third-order valence-corrected chi connectivity index (χ3v) is 31.2. The fraction of sp³-hybridized carbons (Fsp3) is 0. The smallest absolute Gasteiger partial charge is 0.146 e. The van der Waals surface area contributed by atoms with Crippen LogP contribution in [0.5, 0.6) is 0 Å². The number of hydrogen-bond acceptors (Lipinski definition) is 4. The van der Waals surface area contributed by atoms with Crippen LogP contribution in [-0.2, 0) is 0 Å². The van der Waals surface area contributed by atoms with Crippen LogP contribution in [0.4, 0.5) is 0 Å². The summed E-state index contributed by atoms with van der Waals surface area (Å²) in [5.74, 6) is 0. The molecule has 0 amide bonds. The lowest BCUT2D eigenvalue weighted by molar-refractivity contribution is 0.670. The standard InChI is InChI=1S/C51H30N2.C47H28N2.C41H24N2O/c1-2-15-35-31(12-1)24-26-42-49(35)45-29-33(25-27-47(45)53-48-23-10-9-22-46(48)52-51(42)53)32-13-11-14-34(28-32)43-30-44-38-18-4-3-16-36(38)37-17-5-7-20-40(37)50(44)41-21-8-6-19-39(41)43;1-2-13-34-29(10-1)20-24-40-46(34)42-28-33(22-25-44(42)49-45-19-8-7-18-43(45)48-47(40)49)31-12-9-11-30(26-31)32-21-23-39-37-16-4-3-14-35(37)36-15-5-6-17-38(36)41(39)27-32;1-2-12-29-25(9-1)19-21-33-39(29)34-24-27(20-22-36(34)43-37-17-5-4-16-35(37)42-41(33)43)26-10-7-11-28(23-26)30-14-8-15-32-31-13-3-6-18-38(31)44-40(30)32/h1-30H;1-28H;1-24H. The van der Waals surface area contributed by atoms with Gasteiger partial charge in [-0.25, -0.2) is 15.0 Å². The predicted octanol–water partition coefficient (Wildman–Crippen LogP) is 37.8. The molecule has 0 radical (unpaired) electrons. The van der Waals surface area contributed by atoms with Crippen LogP contribution >= 0.6 is 0 Å². The summed E-state index contributed by atoms with van der Waals surface area (Å²) in [5, 5.41) is 38.8. The van der Waals surface area contributed by atoms with Gasteiger partial charge in [0.05, 0.1) is 49.7 Å². The number of imidazole rings is 3. The first kappa shape index (κ1) is 81.4. The van der Waals surface area contributed by atoms with Gasteiger partial charge in [0.15, 0.2) is 0 Å². The highest BCUT2D eigenvalue weighted by Crippen LogP contribution is 2.50. The molecule has 0 saturated carbocycles. The van der Waals surface area contributed by atoms with E-state index in [1.54, 1.807) is 0 Å². The third kappa shape index (κ3) is 12.4. The minimum atomic E-state index is 0.915. The van der Waals surface area contributed by atoms with Crippen molar-refractivity contribution in [1.29, 1.82) is 0 Å². The number of para-hydroxylation sites is 8. The Bertz CT molecular complexity index is 11500. The summed E-state index contributed by atoms with van der Waals surface area (Å²) in [7, 11) is 0. The lowest BCUT2D eigenvalue weighted by Crippen LogP contribution is -1.93. The maximum atomic E-state index is 6.39. The maximum absolute atomic E-state index is 6.39. The van der Waals surface area contributed by atoms with E-state index < -0.39 is 0 Å². The highest BCUT2D eigenvalue weighted by Gasteiger charge is 2.25. The summed E-state index contributed by atoms with van der Waals surface area (Å²) in [6.07, 6.45) is 0. The zero-order chi connectivity index (χ0) is 95.5. The van der Waals surface area contributed by atoms with Gasteiger partial charge in [-0.2, -0.15) is 0 Å². The van der Waals surface area contributed by atoms with Gasteiger partial charge < -0.3 is 4.42 Å². The van der Waals surface area contributed by atoms with Gasteiger partial charge in [0, 0.05) is 64.8 Å². The second-order valence-electron chi connectivity index (χ2n) is 39.0. The van der Waals surface area contributed by atoms with Crippen molar-refractivity contribution < 1.29 is 4.42 Å². The van der Waals surface area contributed by atoms with E-state index in [-0.39, 0.29) is 0 Å². The summed E-state index contributed by atoms with van der Waals surface area (Å²) in [4.78, 5) is 15.4. The molecule has 0 saturated heterocycles. The van der Waals surface area contributed by atoms with Crippen LogP contribution in [0.1, 0.15) is 0 Å². The molecule has 0 bridgehead atoms. The van der Waals surface area contributed by atoms with Crippen molar-refractivity contribution in [3.8, 4) is 66.8 Å². The summed E-state index contributed by atoms with van der Waals surface area (Å²) in [6.45, 7) is 0. The molecule has 0 aliphatic heterocycles. The molecular weight excluding hydrogens is 1770 g/mol. The van der Waals surface area contributed by atoms with E-state index in [9.17, 15) is 0 Å². The van der Waals surface area contributed by atoms with Gasteiger partial charge >= 0.3 is 0 Å². The molecule has 0 N–H and O–H groups in total. The molecule has 7 aromatic heterocycles. The molecule has 33 rings (SSSR count). The van der Waals surface area contributed by atoms with Crippen LogP contribution in [0.25, 0.3) is 311 Å². The minimum absolute atomic E-state index is 0.915. The van der Waals surface area contributed by atoms with Crippen molar-refractivity contribution in [1.82, 2.24) is 28.2 Å². The van der Waals surface area contributed by atoms with Crippen LogP contribution < -0.4 is 0 Å². The van der Waals surface area contributed by atoms with Crippen molar-refractivity contribution in [3.63, 3.8) is 0 Å². The van der Waals surface area contributed by atoms with Gasteiger partial charge in [-0.05, 0) is 296 Å². The molecule has 7 heteroatoms. The Labute approximate surface area is 835 Å². The Hall–Kier alpha value is -19.5. The van der Waals surface area contributed by atoms with Crippen LogP contribution in [0.3, 0.4) is 0 Å². The number of fused-ring (bicyclic) bond motifs is 47. The molecular formula is C139H82N6O. The average molecular weight is 1850 g/mol. The average Bonchev–Trinajstić information content (AvgIpc) is 1.55. The SMILES string of the molecule is c1cc(-c2ccc3c(c2)c2c4ccccc4ccc2c2nc4ccccc4n32)cc(-c2cc3c4ccccc4c4ccccc4c3c3ccccc23)c1.c1cc(-c2ccc3c(c2)c2c4ccccc4ccc2c2nc4ccccc4n32)cc(-c2cccc3c2oc2ccccc23)c1.c1cc(-c2ccc3c4ccccc4c4ccccc4c3c2)cc(-c2ccc3c(c2)c2c4ccccc4ccc2c2nc4ccccc4n32)c1. The molecule has 33 aromatic rings. The van der Waals surface area contributed by atoms with E-state index in [4.69, 9.17) is 19.4 Å². The van der Waals surface area contributed by atoms with E-state index in [1.807, 2.05) is 12.1 Å². The Morgan fingerprint density at radius 2 is 0.425 bits per heavy atom. The molecule has 0 spiro atoms. The van der Waals surface area contributed by atoms with Crippen LogP contribution in [0.2, 0.25) is 0 Å². The number of pyridine rings is 3. The number of hydrogen-bond donors (Lipinski definition) is 0. The summed E-state index contributed by atoms with van der Waals surface area (Å²) >= 11 is 0. The quantitative estimate of drug-likeness (QED) is 0.156. The lowest BCUT2D eigenvalue weighted by atomic mass is 9.87. The fourth-order valence-corrected chi connectivity index (χ4v) is 24.6. The first-order chi connectivity index (χ1) is 72.4. The molecule has 0 aliphatic carbocycles. The molecule has 0 fully saturated rings. The molecule has 674 valence electrons. The summed E-state index contributed by atoms with van der Waals surface area (Å²) in [5.41, 5.74) is 29.0. The Kier molecular flexibility index (Phi) is 17.9. The van der Waals surface area contributed by atoms with Gasteiger partial charge in [-0.3, -0.25) is 13.2 Å². The van der Waals surface area contributed by atoms with Gasteiger partial charge in [0.1, 0.15) is 28.1 Å². The van der Waals surface area contributed by atoms with Gasteiger partial charge in [0.2, 0.25) is 0 Å². The normalized spacial score (nSPS) is 12.1. The molecule has 7 heterocycles. The van der Waals surface area contributed by atoms with Crippen LogP contribution in [0.15, 0.2) is 502 Å². The second kappa shape index (κ2) is 32.0. The highest BCUT2D eigenvalue weighted by atomic mass is 16.3. The van der Waals surface area contributed by atoms with E-state index in [0.29, 0.717) is 0 Å². The van der Waals surface area contributed by atoms with Crippen molar-refractivity contribution in [2.75, 3.05) is 0 Å². The van der Waals surface area contributed by atoms with Crippen molar-refractivity contribution in [2.45, 2.75) is 0 Å². The van der Waals surface area contributed by atoms with Crippen molar-refractivity contribution in [3.05, 3.63) is 497 Å². The molecule has 146 heavy (non-hydrogen) atoms. The number of rotatable bonds is 6. The van der Waals surface area contributed by atoms with Gasteiger partial charge in [0.25, 0.3) is 0 Å². The predicted molar refractivity (Wildman–Crippen MR) is 618 cm³/mol. The molecule has 7 nitrogen and oxygen atoms in total. The largest absolute Gasteiger partial charge is 0.455 e. The first-order valence-corrected chi connectivity index (χ1v) is 50.2. The molecule has 0 atom stereocenters. The van der Waals surface area contributed by atoms with E-state index in [2.05, 4.69) is 499 Å². The summed E-state index contributed by atoms with van der Waals surface area (Å²) in [6, 6.07) is 181. The monoisotopic (exact) mass is 1850 g/mol. The first-order valence-electron chi connectivity index (χ1n) is 50.2. The molecule has 26 aromatic carbocycles. The Morgan fingerprint density at radius 3 is 0.863 bits per heavy atom. The molecule has 0 unspecified atom stereocenters. The summed E-state index contributed by atoms with van der Waals surface area (Å²) < 4.78 is 13.4. The number of nitrogens with zero attached hydrogens (tertiary/aromatic N) is 6. The fourth-order valence-electron chi connectivity index (χ4n) is 24.6. The third-order valence-electron chi connectivity index (χ3n) is 31.2. The maximum Gasteiger partial charge on any atom is 0.146 e. The Morgan fingerprint density at radius 1 is 0.144 bits per heavy atom. The van der Waals surface area contributed by atoms with E-state index in [0.717, 1.165) is 99.5 Å². The van der Waals surface area contributed by atoms with Crippen molar-refractivity contribution in [2.24, 2.45) is 0 Å². The van der Waals surface area contributed by atoms with Crippen molar-refractivity contribution >= 4 is 245 Å². The van der Waals surface area contributed by atoms with E-state index >= 15 is 0 Å². The zero-order valence-corrected chi connectivity index (χ0v) is 78.9. The van der Waals surface area contributed by atoms with Gasteiger partial charge in [-0.1, -0.05) is 370 Å². The number of furan rings is 1. The number of benzene rings is 26. The van der Waals surface area contributed by atoms with Gasteiger partial charge in [-0.15, -0.1) is 0 Å². The minimum Gasteiger partial charge on any atom is -0.455 e. The second-order valence-corrected chi connectivity index (χ2v) is 39.0. The topological polar surface area (TPSA) is 65.0 Å². The molecule has 0 aliphatic rings. The number of aromatic nitrogens is 6. The van der Waals surface area contributed by atoms with Crippen LogP contribution in [0, 0.1) is 0 Å². The zero-order valence-electron chi connectivity index (χ0n) is 78.9. The Balaban J connectivity index is 0.0000000999. The lowest BCUT2D eigenvalue weighted by Gasteiger charge is -2.17.